The molecule has 1 nitrogen and oxygen atoms in total. The molecule has 0 spiro atoms. The van der Waals surface area contributed by atoms with Crippen LogP contribution in [0.4, 0.5) is 0 Å². The topological polar surface area (TPSA) is 3.24 Å². The molecule has 4 aliphatic carbocycles. The van der Waals surface area contributed by atoms with Crippen molar-refractivity contribution in [3.8, 4) is 0 Å². The van der Waals surface area contributed by atoms with Crippen molar-refractivity contribution in [2.24, 2.45) is 40.4 Å². The van der Waals surface area contributed by atoms with Crippen LogP contribution in [0.15, 0.2) is 0 Å². The Hall–Kier alpha value is -0.0400. The second-order valence-corrected chi connectivity index (χ2v) is 14.0. The molecule has 0 aliphatic heterocycles. The van der Waals surface area contributed by atoms with E-state index in [-0.39, 0.29) is 0 Å². The summed E-state index contributed by atoms with van der Waals surface area (Å²) < 4.78 is 0. The molecule has 0 amide bonds. The van der Waals surface area contributed by atoms with Crippen LogP contribution in [0.3, 0.4) is 0 Å². The van der Waals surface area contributed by atoms with Gasteiger partial charge in [-0.2, -0.15) is 0 Å². The van der Waals surface area contributed by atoms with Crippen molar-refractivity contribution >= 4 is 0 Å². The number of hydrogen-bond acceptors (Lipinski definition) is 1. The number of unbranched alkanes of at least 4 members (excludes halogenated alkanes) is 5. The lowest BCUT2D eigenvalue weighted by Crippen LogP contribution is -2.52. The Morgan fingerprint density at radius 1 is 0.618 bits per heavy atom. The van der Waals surface area contributed by atoms with Crippen molar-refractivity contribution in [1.82, 2.24) is 4.90 Å². The quantitative estimate of drug-likeness (QED) is 0.241. The van der Waals surface area contributed by atoms with E-state index in [2.05, 4.69) is 32.6 Å². The average molecular weight is 472 g/mol. The van der Waals surface area contributed by atoms with Gasteiger partial charge in [-0.3, -0.25) is 0 Å². The summed E-state index contributed by atoms with van der Waals surface area (Å²) >= 11 is 0. The minimum absolute atomic E-state index is 0.682. The Balaban J connectivity index is 1.26. The molecule has 7 atom stereocenters. The van der Waals surface area contributed by atoms with E-state index in [9.17, 15) is 0 Å². The van der Waals surface area contributed by atoms with Gasteiger partial charge in [0.2, 0.25) is 0 Å². The van der Waals surface area contributed by atoms with E-state index in [4.69, 9.17) is 0 Å². The van der Waals surface area contributed by atoms with Crippen LogP contribution in [0, 0.1) is 40.4 Å². The summed E-state index contributed by atoms with van der Waals surface area (Å²) in [6.07, 6.45) is 28.4. The second kappa shape index (κ2) is 12.5. The molecule has 7 unspecified atom stereocenters. The summed E-state index contributed by atoms with van der Waals surface area (Å²) in [7, 11) is 0. The Morgan fingerprint density at radius 2 is 1.29 bits per heavy atom. The molecule has 0 heterocycles. The van der Waals surface area contributed by atoms with Crippen molar-refractivity contribution in [3.63, 3.8) is 0 Å². The lowest BCUT2D eigenvalue weighted by atomic mass is 9.45. The van der Waals surface area contributed by atoms with E-state index in [0.717, 1.165) is 29.6 Å². The van der Waals surface area contributed by atoms with Crippen molar-refractivity contribution < 1.29 is 0 Å². The predicted octanol–water partition coefficient (Wildman–Crippen LogP) is 9.89. The minimum Gasteiger partial charge on any atom is -0.303 e. The average Bonchev–Trinajstić information content (AvgIpc) is 3.17. The van der Waals surface area contributed by atoms with Crippen LogP contribution >= 0.6 is 0 Å². The van der Waals surface area contributed by atoms with E-state index >= 15 is 0 Å². The molecule has 4 fully saturated rings. The van der Waals surface area contributed by atoms with Crippen LogP contribution in [0.5, 0.6) is 0 Å². The predicted molar refractivity (Wildman–Crippen MR) is 149 cm³/mol. The van der Waals surface area contributed by atoms with E-state index in [1.54, 1.807) is 51.4 Å². The number of hydrogen-bond donors (Lipinski definition) is 0. The van der Waals surface area contributed by atoms with Gasteiger partial charge in [-0.05, 0) is 137 Å². The third kappa shape index (κ3) is 5.75. The summed E-state index contributed by atoms with van der Waals surface area (Å²) in [5, 5.41) is 0. The maximum absolute atomic E-state index is 2.82. The van der Waals surface area contributed by atoms with E-state index in [1.165, 1.54) is 90.3 Å². The smallest absolute Gasteiger partial charge is 0.00187 e. The molecular formula is C33H61N. The van der Waals surface area contributed by atoms with Crippen LogP contribution in [0.1, 0.15) is 150 Å². The van der Waals surface area contributed by atoms with Gasteiger partial charge in [0.05, 0.1) is 0 Å². The van der Waals surface area contributed by atoms with Gasteiger partial charge in [0.15, 0.2) is 0 Å². The van der Waals surface area contributed by atoms with Gasteiger partial charge in [0.1, 0.15) is 0 Å². The summed E-state index contributed by atoms with van der Waals surface area (Å²) in [5.41, 5.74) is 1.39. The SMILES string of the molecule is CCCCCN(CCCCC)CCCCC1CCC2C3CCC4CCCCC4(C)C3CCC12C. The number of rotatable bonds is 13. The van der Waals surface area contributed by atoms with Crippen LogP contribution < -0.4 is 0 Å². The van der Waals surface area contributed by atoms with Crippen LogP contribution in [0.25, 0.3) is 0 Å². The van der Waals surface area contributed by atoms with E-state index in [0.29, 0.717) is 10.8 Å². The van der Waals surface area contributed by atoms with Crippen molar-refractivity contribution in [1.29, 1.82) is 0 Å². The minimum atomic E-state index is 0.682. The zero-order valence-corrected chi connectivity index (χ0v) is 23.9. The zero-order valence-electron chi connectivity index (χ0n) is 23.9. The van der Waals surface area contributed by atoms with E-state index in [1.807, 2.05) is 0 Å². The zero-order chi connectivity index (χ0) is 24.0. The normalized spacial score (nSPS) is 39.6. The largest absolute Gasteiger partial charge is 0.303 e. The van der Waals surface area contributed by atoms with Gasteiger partial charge in [0, 0.05) is 0 Å². The van der Waals surface area contributed by atoms with Crippen LogP contribution in [-0.4, -0.2) is 24.5 Å². The summed E-state index contributed by atoms with van der Waals surface area (Å²) in [6.45, 7) is 14.3. The van der Waals surface area contributed by atoms with Crippen LogP contribution in [0.2, 0.25) is 0 Å². The molecule has 0 radical (unpaired) electrons. The molecule has 4 rings (SSSR count). The van der Waals surface area contributed by atoms with Crippen molar-refractivity contribution in [2.45, 2.75) is 150 Å². The maximum atomic E-state index is 2.82. The molecule has 0 N–H and O–H groups in total. The van der Waals surface area contributed by atoms with Gasteiger partial charge < -0.3 is 4.90 Å². The maximum Gasteiger partial charge on any atom is -0.00187 e. The fourth-order valence-corrected chi connectivity index (χ4v) is 10.1. The first-order valence-corrected chi connectivity index (χ1v) is 16.2. The molecule has 0 aromatic carbocycles. The first kappa shape index (κ1) is 27.0. The highest BCUT2D eigenvalue weighted by Crippen LogP contribution is 2.67. The van der Waals surface area contributed by atoms with Crippen molar-refractivity contribution in [3.05, 3.63) is 0 Å². The van der Waals surface area contributed by atoms with Gasteiger partial charge in [-0.25, -0.2) is 0 Å². The Kier molecular flexibility index (Phi) is 9.91. The Labute approximate surface area is 214 Å². The highest BCUT2D eigenvalue weighted by Gasteiger charge is 2.59. The molecule has 4 saturated carbocycles. The lowest BCUT2D eigenvalue weighted by molar-refractivity contribution is -0.111. The summed E-state index contributed by atoms with van der Waals surface area (Å²) in [4.78, 5) is 2.82. The molecule has 34 heavy (non-hydrogen) atoms. The monoisotopic (exact) mass is 471 g/mol. The lowest BCUT2D eigenvalue weighted by Gasteiger charge is -2.60. The fraction of sp³-hybridized carbons (Fsp3) is 1.00. The summed E-state index contributed by atoms with van der Waals surface area (Å²) in [5.74, 6) is 5.32. The first-order valence-electron chi connectivity index (χ1n) is 16.2. The van der Waals surface area contributed by atoms with Crippen LogP contribution in [-0.2, 0) is 0 Å². The van der Waals surface area contributed by atoms with Crippen molar-refractivity contribution in [2.75, 3.05) is 19.6 Å². The highest BCUT2D eigenvalue weighted by atomic mass is 15.1. The third-order valence-electron chi connectivity index (χ3n) is 12.2. The second-order valence-electron chi connectivity index (χ2n) is 14.0. The standard InChI is InChI=1S/C33H61N/c1-5-7-12-24-34(25-13-8-6-2)26-14-10-16-28-18-20-30-29-19-17-27-15-9-11-22-32(27,3)31(29)21-23-33(28,30)4/h27-31H,5-26H2,1-4H3. The molecule has 0 aromatic heterocycles. The molecular weight excluding hydrogens is 410 g/mol. The third-order valence-corrected chi connectivity index (χ3v) is 12.2. The molecule has 198 valence electrons. The molecule has 0 aromatic rings. The molecule has 0 bridgehead atoms. The molecule has 4 aliphatic rings. The van der Waals surface area contributed by atoms with Gasteiger partial charge in [-0.15, -0.1) is 0 Å². The van der Waals surface area contributed by atoms with E-state index < -0.39 is 0 Å². The molecule has 0 saturated heterocycles. The Bertz CT molecular complexity index is 589. The summed E-state index contributed by atoms with van der Waals surface area (Å²) in [6, 6.07) is 0. The Morgan fingerprint density at radius 3 is 2.00 bits per heavy atom. The van der Waals surface area contributed by atoms with Gasteiger partial charge in [0.25, 0.3) is 0 Å². The number of fused-ring (bicyclic) bond motifs is 5. The number of nitrogens with zero attached hydrogens (tertiary/aromatic N) is 1. The first-order chi connectivity index (χ1) is 16.5. The van der Waals surface area contributed by atoms with Gasteiger partial charge >= 0.3 is 0 Å². The van der Waals surface area contributed by atoms with Gasteiger partial charge in [-0.1, -0.05) is 72.6 Å². The fourth-order valence-electron chi connectivity index (χ4n) is 10.1. The highest BCUT2D eigenvalue weighted by molar-refractivity contribution is 5.08. The molecule has 1 heteroatoms.